The summed E-state index contributed by atoms with van der Waals surface area (Å²) in [5, 5.41) is 22.5. The Balaban J connectivity index is 2.48. The third-order valence-electron chi connectivity index (χ3n) is 1.88. The van der Waals surface area contributed by atoms with Gasteiger partial charge in [0.2, 0.25) is 0 Å². The number of amides is 2. The topological polar surface area (TPSA) is 81.6 Å². The van der Waals surface area contributed by atoms with E-state index in [0.717, 1.165) is 4.47 Å². The number of benzene rings is 1. The maximum atomic E-state index is 11.4. The molecule has 0 atom stereocenters. The molecule has 0 aliphatic rings. The van der Waals surface area contributed by atoms with E-state index in [4.69, 9.17) is 10.2 Å². The van der Waals surface area contributed by atoms with Crippen LogP contribution in [-0.4, -0.2) is 35.5 Å². The highest BCUT2D eigenvalue weighted by Gasteiger charge is 2.09. The summed E-state index contributed by atoms with van der Waals surface area (Å²) >= 11 is 3.28. The van der Waals surface area contributed by atoms with Crippen molar-refractivity contribution < 1.29 is 15.0 Å². The molecule has 0 saturated heterocycles. The van der Waals surface area contributed by atoms with E-state index in [1.54, 1.807) is 24.3 Å². The van der Waals surface area contributed by atoms with Crippen molar-refractivity contribution in [1.29, 1.82) is 0 Å². The Morgan fingerprint density at radius 1 is 1.25 bits per heavy atom. The monoisotopic (exact) mass is 288 g/mol. The molecule has 0 bridgehead atoms. The molecule has 5 nitrogen and oxygen atoms in total. The van der Waals surface area contributed by atoms with Crippen molar-refractivity contribution in [2.75, 3.05) is 18.5 Å². The molecule has 16 heavy (non-hydrogen) atoms. The van der Waals surface area contributed by atoms with Crippen LogP contribution in [0.25, 0.3) is 0 Å². The first-order valence-electron chi connectivity index (χ1n) is 4.70. The Kier molecular flexibility index (Phi) is 5.24. The summed E-state index contributed by atoms with van der Waals surface area (Å²) in [6.45, 7) is -0.603. The predicted molar refractivity (Wildman–Crippen MR) is 64.3 cm³/mol. The van der Waals surface area contributed by atoms with Crippen molar-refractivity contribution in [2.24, 2.45) is 0 Å². The minimum atomic E-state index is -0.643. The van der Waals surface area contributed by atoms with E-state index < -0.39 is 12.1 Å². The average Bonchev–Trinajstić information content (AvgIpc) is 2.29. The Bertz CT molecular complexity index is 338. The molecule has 0 fully saturated rings. The highest BCUT2D eigenvalue weighted by Crippen LogP contribution is 2.13. The number of anilines is 1. The number of hydrogen-bond donors (Lipinski definition) is 4. The molecule has 0 aliphatic carbocycles. The zero-order valence-corrected chi connectivity index (χ0v) is 10.1. The van der Waals surface area contributed by atoms with Gasteiger partial charge in [-0.05, 0) is 24.3 Å². The van der Waals surface area contributed by atoms with E-state index >= 15 is 0 Å². The number of hydrogen-bond acceptors (Lipinski definition) is 3. The lowest BCUT2D eigenvalue weighted by Gasteiger charge is -2.14. The van der Waals surface area contributed by atoms with Gasteiger partial charge in [-0.25, -0.2) is 4.79 Å². The van der Waals surface area contributed by atoms with Gasteiger partial charge in [0, 0.05) is 10.2 Å². The Morgan fingerprint density at radius 3 is 2.31 bits per heavy atom. The first kappa shape index (κ1) is 13.0. The molecule has 0 heterocycles. The largest absolute Gasteiger partial charge is 0.394 e. The summed E-state index contributed by atoms with van der Waals surface area (Å²) in [7, 11) is 0. The van der Waals surface area contributed by atoms with Crippen LogP contribution in [0, 0.1) is 0 Å². The summed E-state index contributed by atoms with van der Waals surface area (Å²) in [4.78, 5) is 11.4. The number of carbonyl (C=O) groups excluding carboxylic acids is 1. The van der Waals surface area contributed by atoms with Crippen LogP contribution >= 0.6 is 15.9 Å². The van der Waals surface area contributed by atoms with E-state index in [1.165, 1.54) is 0 Å². The second-order valence-electron chi connectivity index (χ2n) is 3.17. The quantitative estimate of drug-likeness (QED) is 0.665. The maximum absolute atomic E-state index is 11.4. The third kappa shape index (κ3) is 4.18. The fourth-order valence-corrected chi connectivity index (χ4v) is 1.30. The molecule has 0 radical (unpaired) electrons. The number of rotatable bonds is 4. The molecule has 2 amide bonds. The summed E-state index contributed by atoms with van der Waals surface area (Å²) in [6.07, 6.45) is 0. The van der Waals surface area contributed by atoms with Crippen LogP contribution in [0.2, 0.25) is 0 Å². The van der Waals surface area contributed by atoms with Crippen LogP contribution in [0.5, 0.6) is 0 Å². The minimum Gasteiger partial charge on any atom is -0.394 e. The van der Waals surface area contributed by atoms with Gasteiger partial charge in [-0.3, -0.25) is 0 Å². The van der Waals surface area contributed by atoms with Gasteiger partial charge < -0.3 is 20.8 Å². The summed E-state index contributed by atoms with van der Waals surface area (Å²) in [6, 6.07) is 5.95. The minimum absolute atomic E-state index is 0.301. The fraction of sp³-hybridized carbons (Fsp3) is 0.300. The summed E-state index contributed by atoms with van der Waals surface area (Å²) in [5.74, 6) is 0. The van der Waals surface area contributed by atoms with E-state index in [2.05, 4.69) is 26.6 Å². The molecule has 1 aromatic carbocycles. The van der Waals surface area contributed by atoms with Gasteiger partial charge in [0.15, 0.2) is 0 Å². The van der Waals surface area contributed by atoms with Crippen LogP contribution in [-0.2, 0) is 0 Å². The van der Waals surface area contributed by atoms with Gasteiger partial charge in [-0.2, -0.15) is 0 Å². The first-order valence-corrected chi connectivity index (χ1v) is 5.50. The third-order valence-corrected chi connectivity index (χ3v) is 2.41. The number of nitrogens with one attached hydrogen (secondary N) is 2. The first-order chi connectivity index (χ1) is 7.65. The molecule has 4 N–H and O–H groups in total. The molecule has 0 aliphatic heterocycles. The van der Waals surface area contributed by atoms with Crippen LogP contribution < -0.4 is 10.6 Å². The Morgan fingerprint density at radius 2 is 1.81 bits per heavy atom. The van der Waals surface area contributed by atoms with Crippen molar-refractivity contribution in [1.82, 2.24) is 5.32 Å². The number of urea groups is 1. The molecular weight excluding hydrogens is 276 g/mol. The molecule has 1 aromatic rings. The zero-order valence-electron chi connectivity index (χ0n) is 8.48. The van der Waals surface area contributed by atoms with Crippen molar-refractivity contribution in [2.45, 2.75) is 6.04 Å². The second-order valence-corrected chi connectivity index (χ2v) is 4.08. The molecule has 0 spiro atoms. The number of halogens is 1. The van der Waals surface area contributed by atoms with Crippen molar-refractivity contribution in [3.63, 3.8) is 0 Å². The van der Waals surface area contributed by atoms with Gasteiger partial charge in [-0.1, -0.05) is 15.9 Å². The number of aliphatic hydroxyl groups excluding tert-OH is 2. The Hall–Kier alpha value is -1.11. The smallest absolute Gasteiger partial charge is 0.319 e. The predicted octanol–water partition coefficient (Wildman–Crippen LogP) is 0.924. The number of aliphatic hydroxyl groups is 2. The van der Waals surface area contributed by atoms with Gasteiger partial charge in [-0.15, -0.1) is 0 Å². The highest BCUT2D eigenvalue weighted by molar-refractivity contribution is 9.10. The van der Waals surface area contributed by atoms with Crippen LogP contribution in [0.4, 0.5) is 10.5 Å². The molecule has 0 unspecified atom stereocenters. The lowest BCUT2D eigenvalue weighted by molar-refractivity contribution is 0.172. The molecule has 88 valence electrons. The molecule has 6 heteroatoms. The zero-order chi connectivity index (χ0) is 12.0. The van der Waals surface area contributed by atoms with Crippen LogP contribution in [0.3, 0.4) is 0 Å². The van der Waals surface area contributed by atoms with Crippen molar-refractivity contribution in [3.05, 3.63) is 28.7 Å². The SMILES string of the molecule is O=C(Nc1ccc(Br)cc1)NC(CO)CO. The fourth-order valence-electron chi connectivity index (χ4n) is 1.03. The second kappa shape index (κ2) is 6.47. The van der Waals surface area contributed by atoms with Gasteiger partial charge >= 0.3 is 6.03 Å². The maximum Gasteiger partial charge on any atom is 0.319 e. The van der Waals surface area contributed by atoms with Crippen molar-refractivity contribution in [3.8, 4) is 0 Å². The highest BCUT2D eigenvalue weighted by atomic mass is 79.9. The van der Waals surface area contributed by atoms with E-state index in [1.807, 2.05) is 0 Å². The lowest BCUT2D eigenvalue weighted by Crippen LogP contribution is -2.42. The normalized spacial score (nSPS) is 10.2. The van der Waals surface area contributed by atoms with Gasteiger partial charge in [0.05, 0.1) is 19.3 Å². The van der Waals surface area contributed by atoms with E-state index in [0.29, 0.717) is 5.69 Å². The van der Waals surface area contributed by atoms with E-state index in [9.17, 15) is 4.79 Å². The summed E-state index contributed by atoms with van der Waals surface area (Å²) < 4.78 is 0.919. The average molecular weight is 289 g/mol. The van der Waals surface area contributed by atoms with Crippen LogP contribution in [0.1, 0.15) is 0 Å². The summed E-state index contributed by atoms with van der Waals surface area (Å²) in [5.41, 5.74) is 0.635. The van der Waals surface area contributed by atoms with Gasteiger partial charge in [0.1, 0.15) is 0 Å². The van der Waals surface area contributed by atoms with Crippen LogP contribution in [0.15, 0.2) is 28.7 Å². The Labute approximate surface area is 102 Å². The molecular formula is C10H13BrN2O3. The molecule has 0 saturated carbocycles. The van der Waals surface area contributed by atoms with Gasteiger partial charge in [0.25, 0.3) is 0 Å². The van der Waals surface area contributed by atoms with E-state index in [-0.39, 0.29) is 13.2 Å². The molecule has 1 rings (SSSR count). The number of carbonyl (C=O) groups is 1. The van der Waals surface area contributed by atoms with Crippen molar-refractivity contribution >= 4 is 27.6 Å². The standard InChI is InChI=1S/C10H13BrN2O3/c11-7-1-3-8(4-2-7)12-10(16)13-9(5-14)6-15/h1-4,9,14-15H,5-6H2,(H2,12,13,16). The lowest BCUT2D eigenvalue weighted by atomic mass is 10.3. The molecule has 0 aromatic heterocycles.